The van der Waals surface area contributed by atoms with Crippen molar-refractivity contribution in [2.75, 3.05) is 38.0 Å². The summed E-state index contributed by atoms with van der Waals surface area (Å²) in [7, 11) is 1.46. The van der Waals surface area contributed by atoms with Gasteiger partial charge in [0.25, 0.3) is 5.91 Å². The zero-order valence-electron chi connectivity index (χ0n) is 21.5. The number of carbonyl (C=O) groups is 1. The van der Waals surface area contributed by atoms with Crippen LogP contribution in [-0.2, 0) is 24.1 Å². The lowest BCUT2D eigenvalue weighted by Gasteiger charge is -2.35. The van der Waals surface area contributed by atoms with Crippen molar-refractivity contribution >= 4 is 33.9 Å². The summed E-state index contributed by atoms with van der Waals surface area (Å²) in [5.74, 6) is 0.124. The number of rotatable bonds is 7. The molecule has 0 aliphatic carbocycles. The summed E-state index contributed by atoms with van der Waals surface area (Å²) < 4.78 is 61.5. The Morgan fingerprint density at radius 3 is 2.50 bits per heavy atom. The first-order chi connectivity index (χ1) is 19.2. The van der Waals surface area contributed by atoms with E-state index in [1.165, 1.54) is 19.4 Å². The first-order valence-corrected chi connectivity index (χ1v) is 13.6. The van der Waals surface area contributed by atoms with Crippen molar-refractivity contribution in [1.29, 1.82) is 0 Å². The average molecular weight is 570 g/mol. The van der Waals surface area contributed by atoms with Gasteiger partial charge in [-0.05, 0) is 42.5 Å². The predicted molar refractivity (Wildman–Crippen MR) is 145 cm³/mol. The Kier molecular flexibility index (Phi) is 8.10. The summed E-state index contributed by atoms with van der Waals surface area (Å²) >= 11 is -1.64. The SMILES string of the molecule is COc1cc(C(=O)N2CCN(Cc3ncccc3C(F)(F)F)CC2)ccc1N[S+]([O-])c1cccc2cccnc12. The van der Waals surface area contributed by atoms with E-state index in [1.807, 2.05) is 29.2 Å². The summed E-state index contributed by atoms with van der Waals surface area (Å²) in [5.41, 5.74) is 0.688. The molecule has 1 aliphatic heterocycles. The fourth-order valence-electron chi connectivity index (χ4n) is 4.61. The number of nitrogens with one attached hydrogen (secondary N) is 1. The molecular weight excluding hydrogens is 543 g/mol. The number of fused-ring (bicyclic) bond motifs is 1. The highest BCUT2D eigenvalue weighted by atomic mass is 32.2. The third-order valence-corrected chi connectivity index (χ3v) is 7.81. The molecule has 1 amide bonds. The maximum absolute atomic E-state index is 13.3. The van der Waals surface area contributed by atoms with Crippen molar-refractivity contribution in [2.45, 2.75) is 17.6 Å². The van der Waals surface area contributed by atoms with E-state index in [1.54, 1.807) is 35.4 Å². The Labute approximate surface area is 232 Å². The van der Waals surface area contributed by atoms with Crippen LogP contribution in [-0.4, -0.2) is 63.5 Å². The molecule has 1 unspecified atom stereocenters. The van der Waals surface area contributed by atoms with E-state index in [9.17, 15) is 22.5 Å². The second-order valence-corrected chi connectivity index (χ2v) is 10.4. The monoisotopic (exact) mass is 569 g/mol. The van der Waals surface area contributed by atoms with E-state index < -0.39 is 23.1 Å². The first kappa shape index (κ1) is 27.7. The normalized spacial score (nSPS) is 15.2. The number of alkyl halides is 3. The Hall–Kier alpha value is -3.87. The van der Waals surface area contributed by atoms with Gasteiger partial charge in [0.2, 0.25) is 4.90 Å². The van der Waals surface area contributed by atoms with Gasteiger partial charge in [0.15, 0.2) is 0 Å². The molecule has 1 saturated heterocycles. The Balaban J connectivity index is 1.24. The van der Waals surface area contributed by atoms with Crippen LogP contribution in [0.3, 0.4) is 0 Å². The van der Waals surface area contributed by atoms with Crippen LogP contribution in [0.15, 0.2) is 78.0 Å². The number of pyridine rings is 2. The van der Waals surface area contributed by atoms with Gasteiger partial charge in [0, 0.05) is 56.1 Å². The second kappa shape index (κ2) is 11.7. The molecule has 2 aromatic carbocycles. The summed E-state index contributed by atoms with van der Waals surface area (Å²) in [6.45, 7) is 1.58. The highest BCUT2D eigenvalue weighted by Crippen LogP contribution is 2.32. The van der Waals surface area contributed by atoms with Gasteiger partial charge in [-0.25, -0.2) is 0 Å². The van der Waals surface area contributed by atoms with Gasteiger partial charge in [0.05, 0.1) is 18.4 Å². The summed E-state index contributed by atoms with van der Waals surface area (Å²) in [6, 6.07) is 16.3. The number of para-hydroxylation sites is 1. The molecule has 1 fully saturated rings. The van der Waals surface area contributed by atoms with Crippen LogP contribution in [0.5, 0.6) is 5.75 Å². The topological polar surface area (TPSA) is 93.7 Å². The number of hydrogen-bond acceptors (Lipinski definition) is 7. The molecule has 0 radical (unpaired) electrons. The van der Waals surface area contributed by atoms with Crippen molar-refractivity contribution < 1.29 is 27.3 Å². The fraction of sp³-hybridized carbons (Fsp3) is 0.250. The van der Waals surface area contributed by atoms with Gasteiger partial charge in [-0.2, -0.15) is 17.9 Å². The van der Waals surface area contributed by atoms with Crippen LogP contribution >= 0.6 is 0 Å². The lowest BCUT2D eigenvalue weighted by molar-refractivity contribution is -0.138. The molecule has 1 atom stereocenters. The van der Waals surface area contributed by atoms with E-state index in [-0.39, 0.29) is 18.1 Å². The number of halogens is 3. The van der Waals surface area contributed by atoms with Gasteiger partial charge in [0.1, 0.15) is 28.3 Å². The number of nitrogens with zero attached hydrogens (tertiary/aromatic N) is 4. The van der Waals surface area contributed by atoms with Crippen LogP contribution < -0.4 is 9.46 Å². The van der Waals surface area contributed by atoms with Crippen molar-refractivity contribution in [3.8, 4) is 5.75 Å². The maximum atomic E-state index is 13.3. The minimum Gasteiger partial charge on any atom is -0.588 e. The number of aromatic nitrogens is 2. The second-order valence-electron chi connectivity index (χ2n) is 9.18. The third-order valence-electron chi connectivity index (χ3n) is 6.68. The van der Waals surface area contributed by atoms with Crippen molar-refractivity contribution in [3.05, 3.63) is 89.9 Å². The Bertz CT molecular complexity index is 1510. The summed E-state index contributed by atoms with van der Waals surface area (Å²) in [4.78, 5) is 25.5. The Morgan fingerprint density at radius 2 is 1.75 bits per heavy atom. The lowest BCUT2D eigenvalue weighted by Crippen LogP contribution is -2.48. The van der Waals surface area contributed by atoms with Crippen LogP contribution in [0.1, 0.15) is 21.6 Å². The highest BCUT2D eigenvalue weighted by molar-refractivity contribution is 7.93. The average Bonchev–Trinajstić information content (AvgIpc) is 2.97. The molecule has 12 heteroatoms. The summed E-state index contributed by atoms with van der Waals surface area (Å²) in [6.07, 6.45) is -1.48. The molecule has 40 heavy (non-hydrogen) atoms. The number of benzene rings is 2. The smallest absolute Gasteiger partial charge is 0.418 e. The van der Waals surface area contributed by atoms with Crippen LogP contribution in [0.25, 0.3) is 10.9 Å². The molecule has 0 saturated carbocycles. The molecule has 1 aliphatic rings. The van der Waals surface area contributed by atoms with E-state index in [2.05, 4.69) is 14.7 Å². The number of ether oxygens (including phenoxy) is 1. The van der Waals surface area contributed by atoms with Gasteiger partial charge in [-0.3, -0.25) is 19.7 Å². The minimum atomic E-state index is -4.47. The molecule has 0 bridgehead atoms. The molecular formula is C28H26F3N5O3S. The van der Waals surface area contributed by atoms with Crippen LogP contribution in [0.2, 0.25) is 0 Å². The number of hydrogen-bond donors (Lipinski definition) is 1. The van der Waals surface area contributed by atoms with Crippen molar-refractivity contribution in [2.24, 2.45) is 0 Å². The first-order valence-electron chi connectivity index (χ1n) is 12.5. The predicted octanol–water partition coefficient (Wildman–Crippen LogP) is 4.75. The van der Waals surface area contributed by atoms with Gasteiger partial charge < -0.3 is 14.2 Å². The van der Waals surface area contributed by atoms with Crippen molar-refractivity contribution in [3.63, 3.8) is 0 Å². The molecule has 208 valence electrons. The Morgan fingerprint density at radius 1 is 1.02 bits per heavy atom. The summed E-state index contributed by atoms with van der Waals surface area (Å²) in [5, 5.41) is 0.865. The molecule has 2 aromatic heterocycles. The molecule has 1 N–H and O–H groups in total. The largest absolute Gasteiger partial charge is 0.588 e. The quantitative estimate of drug-likeness (QED) is 0.321. The van der Waals surface area contributed by atoms with E-state index >= 15 is 0 Å². The molecule has 3 heterocycles. The number of anilines is 1. The number of amides is 1. The lowest BCUT2D eigenvalue weighted by atomic mass is 10.1. The van der Waals surface area contributed by atoms with Crippen molar-refractivity contribution in [1.82, 2.24) is 19.8 Å². The highest BCUT2D eigenvalue weighted by Gasteiger charge is 2.34. The van der Waals surface area contributed by atoms with E-state index in [0.717, 1.165) is 11.5 Å². The van der Waals surface area contributed by atoms with E-state index in [0.29, 0.717) is 53.6 Å². The number of carbonyl (C=O) groups excluding carboxylic acids is 1. The van der Waals surface area contributed by atoms with E-state index in [4.69, 9.17) is 4.74 Å². The van der Waals surface area contributed by atoms with Gasteiger partial charge in [-0.1, -0.05) is 18.2 Å². The molecule has 5 rings (SSSR count). The standard InChI is InChI=1S/C28H26F3N5O3S/c1-39-24-17-20(9-10-22(24)34-40(38)25-8-2-5-19-6-3-12-33-26(19)25)27(37)36-15-13-35(14-16-36)18-23-21(28(29,30)31)7-4-11-32-23/h2-12,17,34H,13-16,18H2,1H3. The molecule has 8 nitrogen and oxygen atoms in total. The maximum Gasteiger partial charge on any atom is 0.418 e. The fourth-order valence-corrected chi connectivity index (χ4v) is 5.64. The minimum absolute atomic E-state index is 0.0285. The number of piperazine rings is 1. The van der Waals surface area contributed by atoms with Crippen LogP contribution in [0, 0.1) is 0 Å². The molecule has 0 spiro atoms. The van der Waals surface area contributed by atoms with Gasteiger partial charge in [-0.15, -0.1) is 0 Å². The molecule has 4 aromatic rings. The zero-order chi connectivity index (χ0) is 28.3. The third kappa shape index (κ3) is 5.98. The number of methoxy groups -OCH3 is 1. The van der Waals surface area contributed by atoms with Crippen LogP contribution in [0.4, 0.5) is 18.9 Å². The van der Waals surface area contributed by atoms with Gasteiger partial charge >= 0.3 is 6.18 Å². The zero-order valence-corrected chi connectivity index (χ0v) is 22.3.